The second kappa shape index (κ2) is 17.1. The number of nitrogens with zero attached hydrogens (tertiary/aromatic N) is 3. The van der Waals surface area contributed by atoms with Crippen LogP contribution in [0.4, 0.5) is 26.3 Å². The fourth-order valence-corrected chi connectivity index (χ4v) is 6.58. The maximum Gasteiger partial charge on any atom is 0.480 e. The van der Waals surface area contributed by atoms with Gasteiger partial charge in [0.15, 0.2) is 30.8 Å². The van der Waals surface area contributed by atoms with Gasteiger partial charge in [-0.2, -0.15) is 31.6 Å². The molecular formula is C26H30F6N5O17P. The number of nitriles is 1. The third-order valence-corrected chi connectivity index (χ3v) is 9.26. The molecule has 2 saturated heterocycles. The highest BCUT2D eigenvalue weighted by Crippen LogP contribution is 2.58. The van der Waals surface area contributed by atoms with E-state index in [-0.39, 0.29) is 0 Å². The van der Waals surface area contributed by atoms with Crippen molar-refractivity contribution in [3.8, 4) is 6.07 Å². The Balaban J connectivity index is 1.67. The molecule has 4 rings (SSSR count). The van der Waals surface area contributed by atoms with E-state index in [9.17, 15) is 75.6 Å². The fraction of sp³-hybridized carbons (Fsp3) is 0.654. The van der Waals surface area contributed by atoms with E-state index in [1.807, 2.05) is 4.98 Å². The Morgan fingerprint density at radius 1 is 0.964 bits per heavy atom. The average Bonchev–Trinajstić information content (AvgIpc) is 3.50. The number of aliphatic hydroxyl groups excluding tert-OH is 4. The van der Waals surface area contributed by atoms with Crippen molar-refractivity contribution in [2.75, 3.05) is 26.6 Å². The first kappa shape index (κ1) is 43.9. The number of H-pyrrole nitrogens is 2. The average molecular weight is 830 g/mol. The lowest BCUT2D eigenvalue weighted by Gasteiger charge is -2.35. The Labute approximate surface area is 300 Å². The number of ether oxygens (including phenoxy) is 4. The van der Waals surface area contributed by atoms with Crippen molar-refractivity contribution in [3.63, 3.8) is 0 Å². The summed E-state index contributed by atoms with van der Waals surface area (Å²) in [5.74, 6) is -7.59. The van der Waals surface area contributed by atoms with Gasteiger partial charge in [-0.15, -0.1) is 0 Å². The Morgan fingerprint density at radius 2 is 1.53 bits per heavy atom. The standard InChI is InChI=1S/C26H30F6N5O17P/c27-25(28,29)11(26(30,31)32)9-48-10-49-18-20(37-6-3-14(40)35-23(37)45)51-12(8-38)24(18,46)54-55(47,50-7-1-4-33)53-21(43)17-15(41)16(42)19(52-17)36-5-2-13(39)34-22(36)44/h2-3,5-6,11-12,15-21,38,41-43,46H,1,7-10H2,(H,34,39,44)(H,35,40,45)/t12-,15+,16-,17+,18+,19-,20-,21?,24+,55?/m1/s1. The van der Waals surface area contributed by atoms with E-state index < -0.39 is 137 Å². The zero-order valence-electron chi connectivity index (χ0n) is 27.2. The molecule has 308 valence electrons. The predicted octanol–water partition coefficient (Wildman–Crippen LogP) is -2.23. The van der Waals surface area contributed by atoms with E-state index in [1.165, 1.54) is 0 Å². The molecule has 2 aromatic rings. The zero-order chi connectivity index (χ0) is 41.1. The summed E-state index contributed by atoms with van der Waals surface area (Å²) < 4.78 is 129. The molecule has 29 heteroatoms. The molecule has 0 bridgehead atoms. The highest BCUT2D eigenvalue weighted by atomic mass is 31.2. The van der Waals surface area contributed by atoms with Gasteiger partial charge in [-0.1, -0.05) is 0 Å². The summed E-state index contributed by atoms with van der Waals surface area (Å²) in [7, 11) is -5.75. The van der Waals surface area contributed by atoms with Gasteiger partial charge in [-0.05, 0) is 0 Å². The lowest BCUT2D eigenvalue weighted by Crippen LogP contribution is -2.53. The molecule has 7 N–H and O–H groups in total. The minimum absolute atomic E-state index is 0.421. The molecule has 0 aromatic carbocycles. The molecule has 10 atom stereocenters. The van der Waals surface area contributed by atoms with Crippen LogP contribution in [0.15, 0.2) is 43.7 Å². The minimum Gasteiger partial charge on any atom is -0.393 e. The number of phosphoric ester groups is 1. The summed E-state index contributed by atoms with van der Waals surface area (Å²) in [6, 6.07) is 3.08. The van der Waals surface area contributed by atoms with Crippen LogP contribution in [0.2, 0.25) is 0 Å². The monoisotopic (exact) mass is 829 g/mol. The molecule has 4 heterocycles. The number of halogens is 6. The molecular weight excluding hydrogens is 799 g/mol. The lowest BCUT2D eigenvalue weighted by molar-refractivity contribution is -0.304. The van der Waals surface area contributed by atoms with Crippen molar-refractivity contribution in [1.29, 1.82) is 5.26 Å². The van der Waals surface area contributed by atoms with Crippen LogP contribution in [-0.4, -0.2) is 126 Å². The zero-order valence-corrected chi connectivity index (χ0v) is 28.1. The van der Waals surface area contributed by atoms with Crippen molar-refractivity contribution < 1.29 is 89.0 Å². The van der Waals surface area contributed by atoms with Gasteiger partial charge in [-0.25, -0.2) is 18.7 Å². The molecule has 2 aliphatic rings. The minimum atomic E-state index is -5.86. The number of aromatic amines is 2. The number of alkyl halides is 6. The van der Waals surface area contributed by atoms with E-state index >= 15 is 0 Å². The van der Waals surface area contributed by atoms with Gasteiger partial charge in [0.2, 0.25) is 5.79 Å². The molecule has 0 spiro atoms. The Morgan fingerprint density at radius 3 is 2.04 bits per heavy atom. The molecule has 22 nitrogen and oxygen atoms in total. The van der Waals surface area contributed by atoms with Crippen LogP contribution >= 0.6 is 7.82 Å². The maximum atomic E-state index is 14.1. The first-order valence-electron chi connectivity index (χ1n) is 15.2. The second-order valence-corrected chi connectivity index (χ2v) is 13.0. The Bertz CT molecular complexity index is 1950. The molecule has 2 aliphatic heterocycles. The normalized spacial score (nSPS) is 29.0. The van der Waals surface area contributed by atoms with Crippen LogP contribution in [0, 0.1) is 17.2 Å². The van der Waals surface area contributed by atoms with Gasteiger partial charge >= 0.3 is 31.6 Å². The van der Waals surface area contributed by atoms with Crippen LogP contribution in [0.5, 0.6) is 0 Å². The predicted molar refractivity (Wildman–Crippen MR) is 158 cm³/mol. The molecule has 0 aliphatic carbocycles. The molecule has 2 fully saturated rings. The maximum absolute atomic E-state index is 14.1. The summed E-state index contributed by atoms with van der Waals surface area (Å²) in [4.78, 5) is 51.6. The fourth-order valence-electron chi connectivity index (χ4n) is 5.14. The SMILES string of the molecule is N#CCCOP(=O)(OC(O)[C@H]1O[C@@H](n2ccc(=O)[nH]c2=O)[C@H](O)[C@@H]1O)O[C@@]1(O)[C@@H](CO)O[C@@H](n2ccc(=O)[nH]c2=O)[C@@H]1OCOCC(C(F)(F)F)C(F)(F)F. The number of rotatable bonds is 16. The third-order valence-electron chi connectivity index (χ3n) is 7.77. The van der Waals surface area contributed by atoms with Crippen molar-refractivity contribution in [3.05, 3.63) is 66.2 Å². The summed E-state index contributed by atoms with van der Waals surface area (Å²) in [6.45, 7) is -6.02. The summed E-state index contributed by atoms with van der Waals surface area (Å²) in [6.07, 6.45) is -28.8. The number of hydrogen-bond donors (Lipinski definition) is 7. The van der Waals surface area contributed by atoms with E-state index in [2.05, 4.69) is 4.74 Å². The summed E-state index contributed by atoms with van der Waals surface area (Å²) >= 11 is 0. The van der Waals surface area contributed by atoms with Crippen LogP contribution in [0.25, 0.3) is 0 Å². The van der Waals surface area contributed by atoms with E-state index in [4.69, 9.17) is 33.0 Å². The molecule has 0 radical (unpaired) electrons. The molecule has 0 amide bonds. The van der Waals surface area contributed by atoms with Gasteiger partial charge < -0.3 is 44.5 Å². The van der Waals surface area contributed by atoms with Crippen molar-refractivity contribution >= 4 is 7.82 Å². The van der Waals surface area contributed by atoms with Gasteiger partial charge in [-0.3, -0.25) is 37.7 Å². The van der Waals surface area contributed by atoms with Crippen molar-refractivity contribution in [2.24, 2.45) is 5.92 Å². The highest BCUT2D eigenvalue weighted by molar-refractivity contribution is 7.48. The Hall–Kier alpha value is -3.82. The first-order chi connectivity index (χ1) is 25.6. The molecule has 2 aromatic heterocycles. The van der Waals surface area contributed by atoms with E-state index in [0.29, 0.717) is 21.4 Å². The largest absolute Gasteiger partial charge is 0.480 e. The van der Waals surface area contributed by atoms with Crippen LogP contribution < -0.4 is 22.5 Å². The summed E-state index contributed by atoms with van der Waals surface area (Å²) in [5.41, 5.74) is -4.37. The third kappa shape index (κ3) is 9.95. The highest BCUT2D eigenvalue weighted by Gasteiger charge is 2.63. The van der Waals surface area contributed by atoms with Crippen molar-refractivity contribution in [2.45, 2.75) is 73.8 Å². The van der Waals surface area contributed by atoms with Crippen LogP contribution in [-0.2, 0) is 37.1 Å². The number of aliphatic hydroxyl groups is 5. The van der Waals surface area contributed by atoms with Gasteiger partial charge in [0.05, 0.1) is 32.3 Å². The first-order valence-corrected chi connectivity index (χ1v) is 16.7. The quantitative estimate of drug-likeness (QED) is 0.0408. The molecule has 55 heavy (non-hydrogen) atoms. The Kier molecular flexibility index (Phi) is 13.7. The van der Waals surface area contributed by atoms with Gasteiger partial charge in [0.25, 0.3) is 11.1 Å². The van der Waals surface area contributed by atoms with E-state index in [1.54, 1.807) is 11.1 Å². The number of phosphoric acid groups is 1. The number of nitrogens with one attached hydrogen (secondary N) is 2. The molecule has 0 saturated carbocycles. The topological polar surface area (TPSA) is 316 Å². The molecule has 2 unspecified atom stereocenters. The second-order valence-electron chi connectivity index (χ2n) is 11.4. The number of aromatic nitrogens is 4. The summed E-state index contributed by atoms with van der Waals surface area (Å²) in [5, 5.41) is 62.8. The van der Waals surface area contributed by atoms with Crippen LogP contribution in [0.3, 0.4) is 0 Å². The van der Waals surface area contributed by atoms with Crippen molar-refractivity contribution in [1.82, 2.24) is 19.1 Å². The smallest absolute Gasteiger partial charge is 0.393 e. The van der Waals surface area contributed by atoms with Gasteiger partial charge in [0, 0.05) is 24.5 Å². The van der Waals surface area contributed by atoms with Crippen LogP contribution in [0.1, 0.15) is 18.9 Å². The lowest BCUT2D eigenvalue weighted by atomic mass is 10.1. The number of hydrogen-bond acceptors (Lipinski definition) is 18. The van der Waals surface area contributed by atoms with Gasteiger partial charge in [0.1, 0.15) is 31.2 Å². The van der Waals surface area contributed by atoms with E-state index in [0.717, 1.165) is 12.3 Å².